The third-order valence-corrected chi connectivity index (χ3v) is 5.93. The molecule has 1 N–H and O–H groups in total. The van der Waals surface area contributed by atoms with E-state index in [0.29, 0.717) is 0 Å². The highest BCUT2D eigenvalue weighted by Crippen LogP contribution is 2.36. The van der Waals surface area contributed by atoms with Gasteiger partial charge in [-0.15, -0.1) is 0 Å². The summed E-state index contributed by atoms with van der Waals surface area (Å²) in [6.07, 6.45) is -4.39. The molecule has 0 radical (unpaired) electrons. The molecule has 2 aliphatic rings. The van der Waals surface area contributed by atoms with E-state index >= 15 is 0 Å². The number of amides is 1. The first-order chi connectivity index (χ1) is 17.0. The molecule has 35 heavy (non-hydrogen) atoms. The smallest absolute Gasteiger partial charge is 0.334 e. The maximum atomic E-state index is 12.2. The van der Waals surface area contributed by atoms with Crippen LogP contribution in [0.25, 0.3) is 0 Å². The second kappa shape index (κ2) is 11.7. The maximum Gasteiger partial charge on any atom is 0.334 e. The van der Waals surface area contributed by atoms with Crippen LogP contribution in [0, 0.1) is 0 Å². The fourth-order valence-corrected chi connectivity index (χ4v) is 4.25. The van der Waals surface area contributed by atoms with Gasteiger partial charge in [-0.1, -0.05) is 60.7 Å². The molecule has 4 rings (SSSR count). The maximum absolute atomic E-state index is 12.2. The van der Waals surface area contributed by atoms with Crippen LogP contribution in [-0.2, 0) is 44.6 Å². The lowest BCUT2D eigenvalue weighted by Crippen LogP contribution is -2.68. The fraction of sp³-hybridized carbons (Fsp3) is 0.462. The summed E-state index contributed by atoms with van der Waals surface area (Å²) in [5.41, 5.74) is 1.78. The molecule has 2 aliphatic heterocycles. The molecular weight excluding hydrogens is 454 g/mol. The van der Waals surface area contributed by atoms with Gasteiger partial charge in [0.15, 0.2) is 18.7 Å². The van der Waals surface area contributed by atoms with Crippen LogP contribution in [-0.4, -0.2) is 62.3 Å². The number of carbonyl (C=O) groups excluding carboxylic acids is 2. The first kappa shape index (κ1) is 25.3. The minimum Gasteiger partial charge on any atom is -0.467 e. The van der Waals surface area contributed by atoms with Crippen molar-refractivity contribution in [3.8, 4) is 0 Å². The number of rotatable bonds is 8. The van der Waals surface area contributed by atoms with Crippen LogP contribution >= 0.6 is 0 Å². The Morgan fingerprint density at radius 1 is 1.06 bits per heavy atom. The predicted molar refractivity (Wildman–Crippen MR) is 124 cm³/mol. The van der Waals surface area contributed by atoms with Crippen LogP contribution in [0.4, 0.5) is 0 Å². The number of methoxy groups -OCH3 is 1. The van der Waals surface area contributed by atoms with E-state index in [9.17, 15) is 9.59 Å². The second-order valence-electron chi connectivity index (χ2n) is 8.51. The monoisotopic (exact) mass is 485 g/mol. The molecule has 0 aromatic heterocycles. The van der Waals surface area contributed by atoms with Crippen LogP contribution in [0.3, 0.4) is 0 Å². The Morgan fingerprint density at radius 2 is 1.74 bits per heavy atom. The fourth-order valence-electron chi connectivity index (χ4n) is 4.25. The largest absolute Gasteiger partial charge is 0.467 e. The summed E-state index contributed by atoms with van der Waals surface area (Å²) < 4.78 is 35.6. The van der Waals surface area contributed by atoms with Gasteiger partial charge in [-0.2, -0.15) is 0 Å². The number of nitrogens with one attached hydrogen (secondary N) is 1. The number of ether oxygens (including phenoxy) is 6. The van der Waals surface area contributed by atoms with Crippen molar-refractivity contribution in [2.45, 2.75) is 63.5 Å². The van der Waals surface area contributed by atoms with E-state index in [4.69, 9.17) is 28.4 Å². The lowest BCUT2D eigenvalue weighted by atomic mass is 9.95. The van der Waals surface area contributed by atoms with Crippen molar-refractivity contribution in [2.24, 2.45) is 0 Å². The lowest BCUT2D eigenvalue weighted by Gasteiger charge is -2.49. The molecule has 9 nitrogen and oxygen atoms in total. The minimum atomic E-state index is -0.906. The van der Waals surface area contributed by atoms with Crippen LogP contribution in [0.1, 0.15) is 31.3 Å². The van der Waals surface area contributed by atoms with Gasteiger partial charge >= 0.3 is 5.97 Å². The molecule has 4 unspecified atom stereocenters. The van der Waals surface area contributed by atoms with E-state index in [0.717, 1.165) is 11.1 Å². The van der Waals surface area contributed by atoms with Gasteiger partial charge in [-0.25, -0.2) is 4.79 Å². The van der Waals surface area contributed by atoms with Crippen LogP contribution in [0.15, 0.2) is 60.7 Å². The van der Waals surface area contributed by atoms with Gasteiger partial charge in [0.05, 0.1) is 20.3 Å². The van der Waals surface area contributed by atoms with Gasteiger partial charge in [0.1, 0.15) is 24.4 Å². The van der Waals surface area contributed by atoms with Crippen LogP contribution < -0.4 is 5.32 Å². The van der Waals surface area contributed by atoms with E-state index in [1.54, 1.807) is 6.92 Å². The van der Waals surface area contributed by atoms with Gasteiger partial charge in [0.2, 0.25) is 5.91 Å². The molecule has 2 fully saturated rings. The molecule has 2 aromatic carbocycles. The summed E-state index contributed by atoms with van der Waals surface area (Å²) in [7, 11) is 1.29. The summed E-state index contributed by atoms with van der Waals surface area (Å²) in [4.78, 5) is 24.4. The normalized spacial score (nSPS) is 29.0. The Bertz CT molecular complexity index is 972. The molecule has 1 amide bonds. The first-order valence-corrected chi connectivity index (χ1v) is 11.6. The second-order valence-corrected chi connectivity index (χ2v) is 8.51. The topological polar surface area (TPSA) is 102 Å². The third kappa shape index (κ3) is 6.25. The van der Waals surface area contributed by atoms with E-state index < -0.39 is 49.0 Å². The van der Waals surface area contributed by atoms with E-state index in [1.807, 2.05) is 60.7 Å². The molecule has 7 atom stereocenters. The Kier molecular flexibility index (Phi) is 8.48. The number of benzene rings is 2. The molecule has 188 valence electrons. The number of hydrogen-bond donors (Lipinski definition) is 1. The Morgan fingerprint density at radius 3 is 2.40 bits per heavy atom. The zero-order valence-electron chi connectivity index (χ0n) is 20.0. The van der Waals surface area contributed by atoms with Gasteiger partial charge in [0.25, 0.3) is 0 Å². The predicted octanol–water partition coefficient (Wildman–Crippen LogP) is 2.49. The summed E-state index contributed by atoms with van der Waals surface area (Å²) in [6, 6.07) is 18.4. The van der Waals surface area contributed by atoms with E-state index in [2.05, 4.69) is 5.32 Å². The van der Waals surface area contributed by atoms with E-state index in [-0.39, 0.29) is 19.1 Å². The SMILES string of the molecule is COC(=O)[C@@H](C)OC1C(NC(C)=O)[C@@H](OCc2ccccc2)OC2COC(c3ccccc3)O[C@H]21. The number of fused-ring (bicyclic) bond motifs is 1. The number of esters is 1. The molecule has 2 aromatic rings. The average Bonchev–Trinajstić information content (AvgIpc) is 2.89. The van der Waals surface area contributed by atoms with Crippen molar-refractivity contribution in [3.05, 3.63) is 71.8 Å². The highest BCUT2D eigenvalue weighted by Gasteiger charge is 2.52. The average molecular weight is 486 g/mol. The zero-order chi connectivity index (χ0) is 24.8. The quantitative estimate of drug-likeness (QED) is 0.569. The van der Waals surface area contributed by atoms with Crippen molar-refractivity contribution in [1.82, 2.24) is 5.32 Å². The summed E-state index contributed by atoms with van der Waals surface area (Å²) in [5.74, 6) is -0.834. The standard InChI is InChI=1S/C26H31NO8/c1-16(24(29)30-3)33-23-21(27-17(2)28)26(31-14-18-10-6-4-7-11-18)34-20-15-32-25(35-22(20)23)19-12-8-5-9-13-19/h4-13,16,20-23,25-26H,14-15H2,1-3H3,(H,27,28)/t16-,20?,21?,22-,23?,25?,26+/m1/s1. The van der Waals surface area contributed by atoms with Gasteiger partial charge in [0, 0.05) is 12.5 Å². The lowest BCUT2D eigenvalue weighted by molar-refractivity contribution is -0.352. The molecule has 0 saturated carbocycles. The third-order valence-electron chi connectivity index (χ3n) is 5.93. The molecule has 0 bridgehead atoms. The summed E-state index contributed by atoms with van der Waals surface area (Å²) in [6.45, 7) is 3.47. The van der Waals surface area contributed by atoms with Gasteiger partial charge in [-0.05, 0) is 12.5 Å². The zero-order valence-corrected chi connectivity index (χ0v) is 20.0. The molecule has 0 spiro atoms. The minimum absolute atomic E-state index is 0.217. The van der Waals surface area contributed by atoms with Crippen molar-refractivity contribution in [1.29, 1.82) is 0 Å². The van der Waals surface area contributed by atoms with Gasteiger partial charge < -0.3 is 33.7 Å². The van der Waals surface area contributed by atoms with Gasteiger partial charge in [-0.3, -0.25) is 4.79 Å². The van der Waals surface area contributed by atoms with Crippen LogP contribution in [0.2, 0.25) is 0 Å². The van der Waals surface area contributed by atoms with Crippen molar-refractivity contribution in [2.75, 3.05) is 13.7 Å². The number of carbonyl (C=O) groups is 2. The molecule has 2 heterocycles. The highest BCUT2D eigenvalue weighted by atomic mass is 16.8. The summed E-state index contributed by atoms with van der Waals surface area (Å²) >= 11 is 0. The molecular formula is C26H31NO8. The summed E-state index contributed by atoms with van der Waals surface area (Å²) in [5, 5.41) is 2.88. The van der Waals surface area contributed by atoms with Crippen molar-refractivity contribution >= 4 is 11.9 Å². The molecule has 9 heteroatoms. The first-order valence-electron chi connectivity index (χ1n) is 11.6. The molecule has 2 saturated heterocycles. The Balaban J connectivity index is 1.60. The van der Waals surface area contributed by atoms with Crippen molar-refractivity contribution in [3.63, 3.8) is 0 Å². The Labute approximate surface area is 204 Å². The Hall–Kier alpha value is -2.82. The van der Waals surface area contributed by atoms with E-state index in [1.165, 1.54) is 14.0 Å². The number of hydrogen-bond acceptors (Lipinski definition) is 8. The highest BCUT2D eigenvalue weighted by molar-refractivity contribution is 5.74. The van der Waals surface area contributed by atoms with Crippen LogP contribution in [0.5, 0.6) is 0 Å². The molecule has 0 aliphatic carbocycles. The van der Waals surface area contributed by atoms with Crippen molar-refractivity contribution < 1.29 is 38.0 Å².